The number of hydrogen-bond acceptors (Lipinski definition) is 1. The second kappa shape index (κ2) is 4.70. The van der Waals surface area contributed by atoms with Crippen LogP contribution in [0.1, 0.15) is 32.1 Å². The highest BCUT2D eigenvalue weighted by Crippen LogP contribution is 2.56. The molecular formula is C12H22IN3. The molecule has 0 aromatic carbocycles. The minimum atomic E-state index is 0. The number of hydrogen-bond donors (Lipinski definition) is 2. The van der Waals surface area contributed by atoms with Crippen LogP contribution in [0.4, 0.5) is 0 Å². The van der Waals surface area contributed by atoms with Crippen molar-refractivity contribution in [3.63, 3.8) is 0 Å². The van der Waals surface area contributed by atoms with Crippen LogP contribution >= 0.6 is 24.0 Å². The van der Waals surface area contributed by atoms with E-state index in [2.05, 4.69) is 4.99 Å². The third kappa shape index (κ3) is 2.17. The molecule has 4 N–H and O–H groups in total. The second-order valence-corrected chi connectivity index (χ2v) is 5.86. The highest BCUT2D eigenvalue weighted by atomic mass is 127. The average Bonchev–Trinajstić information content (AvgIpc) is 2.14. The zero-order chi connectivity index (χ0) is 10.4. The lowest BCUT2D eigenvalue weighted by atomic mass is 9.52. The van der Waals surface area contributed by atoms with E-state index in [4.69, 9.17) is 11.5 Å². The van der Waals surface area contributed by atoms with Crippen molar-refractivity contribution in [3.05, 3.63) is 0 Å². The molecule has 4 saturated carbocycles. The fourth-order valence-corrected chi connectivity index (χ4v) is 4.55. The average molecular weight is 335 g/mol. The number of halogens is 1. The molecule has 0 aromatic heterocycles. The molecule has 0 atom stereocenters. The smallest absolute Gasteiger partial charge is 0.185 e. The summed E-state index contributed by atoms with van der Waals surface area (Å²) in [6.45, 7) is 0.886. The van der Waals surface area contributed by atoms with Crippen LogP contribution in [0, 0.1) is 29.6 Å². The minimum absolute atomic E-state index is 0. The first kappa shape index (κ1) is 12.5. The van der Waals surface area contributed by atoms with Gasteiger partial charge in [-0.1, -0.05) is 0 Å². The first-order chi connectivity index (χ1) is 7.22. The summed E-state index contributed by atoms with van der Waals surface area (Å²) in [5.41, 5.74) is 10.8. The Kier molecular flexibility index (Phi) is 3.66. The van der Waals surface area contributed by atoms with E-state index >= 15 is 0 Å². The van der Waals surface area contributed by atoms with Crippen molar-refractivity contribution >= 4 is 29.9 Å². The van der Waals surface area contributed by atoms with Gasteiger partial charge in [0.15, 0.2) is 5.96 Å². The molecule has 4 rings (SSSR count). The van der Waals surface area contributed by atoms with Gasteiger partial charge < -0.3 is 11.5 Å². The summed E-state index contributed by atoms with van der Waals surface area (Å²) in [4.78, 5) is 4.24. The lowest BCUT2D eigenvalue weighted by Gasteiger charge is -2.54. The van der Waals surface area contributed by atoms with Gasteiger partial charge in [0.1, 0.15) is 0 Å². The van der Waals surface area contributed by atoms with Gasteiger partial charge in [-0.3, -0.25) is 4.99 Å². The van der Waals surface area contributed by atoms with Gasteiger partial charge in [-0.2, -0.15) is 0 Å². The molecule has 92 valence electrons. The van der Waals surface area contributed by atoms with Crippen LogP contribution in [0.3, 0.4) is 0 Å². The van der Waals surface area contributed by atoms with Crippen LogP contribution in [0.2, 0.25) is 0 Å². The minimum Gasteiger partial charge on any atom is -0.370 e. The quantitative estimate of drug-likeness (QED) is 0.460. The number of nitrogens with two attached hydrogens (primary N) is 2. The molecule has 0 saturated heterocycles. The summed E-state index contributed by atoms with van der Waals surface area (Å²) < 4.78 is 0. The fourth-order valence-electron chi connectivity index (χ4n) is 4.55. The van der Waals surface area contributed by atoms with Gasteiger partial charge in [0.25, 0.3) is 0 Å². The second-order valence-electron chi connectivity index (χ2n) is 5.86. The van der Waals surface area contributed by atoms with E-state index in [1.165, 1.54) is 32.1 Å². The molecule has 0 unspecified atom stereocenters. The van der Waals surface area contributed by atoms with Gasteiger partial charge in [-0.15, -0.1) is 24.0 Å². The normalized spacial score (nSPS) is 43.9. The molecule has 4 aliphatic carbocycles. The van der Waals surface area contributed by atoms with Crippen LogP contribution in [-0.2, 0) is 0 Å². The van der Waals surface area contributed by atoms with Crippen molar-refractivity contribution in [3.8, 4) is 0 Å². The molecule has 4 fully saturated rings. The van der Waals surface area contributed by atoms with Gasteiger partial charge in [-0.25, -0.2) is 0 Å². The molecule has 4 heteroatoms. The van der Waals surface area contributed by atoms with Crippen LogP contribution < -0.4 is 11.5 Å². The van der Waals surface area contributed by atoms with E-state index in [-0.39, 0.29) is 29.9 Å². The van der Waals surface area contributed by atoms with E-state index in [1.54, 1.807) is 0 Å². The van der Waals surface area contributed by atoms with Crippen molar-refractivity contribution in [1.29, 1.82) is 0 Å². The van der Waals surface area contributed by atoms with Crippen molar-refractivity contribution in [2.45, 2.75) is 32.1 Å². The lowest BCUT2D eigenvalue weighted by molar-refractivity contribution is -0.0320. The Morgan fingerprint density at radius 3 is 1.88 bits per heavy atom. The topological polar surface area (TPSA) is 64.4 Å². The molecule has 0 amide bonds. The Hall–Kier alpha value is 0. The van der Waals surface area contributed by atoms with Crippen LogP contribution in [0.25, 0.3) is 0 Å². The Morgan fingerprint density at radius 1 is 0.938 bits per heavy atom. The summed E-state index contributed by atoms with van der Waals surface area (Å²) in [7, 11) is 0. The van der Waals surface area contributed by atoms with E-state index < -0.39 is 0 Å². The SMILES string of the molecule is I.NC(N)=NCC1C2CC3CC(C2)CC1C3. The number of nitrogens with zero attached hydrogens (tertiary/aromatic N) is 1. The maximum Gasteiger partial charge on any atom is 0.185 e. The van der Waals surface area contributed by atoms with Crippen molar-refractivity contribution < 1.29 is 0 Å². The first-order valence-corrected chi connectivity index (χ1v) is 6.27. The van der Waals surface area contributed by atoms with Crippen LogP contribution in [0.5, 0.6) is 0 Å². The van der Waals surface area contributed by atoms with Gasteiger partial charge in [-0.05, 0) is 61.7 Å². The van der Waals surface area contributed by atoms with E-state index in [0.717, 1.165) is 36.1 Å². The maximum atomic E-state index is 5.42. The number of aliphatic imine (C=N–C) groups is 1. The van der Waals surface area contributed by atoms with Gasteiger partial charge in [0.05, 0.1) is 0 Å². The molecule has 0 spiro atoms. The Morgan fingerprint density at radius 2 is 1.44 bits per heavy atom. The Labute approximate surface area is 114 Å². The Bertz CT molecular complexity index is 258. The van der Waals surface area contributed by atoms with Crippen molar-refractivity contribution in [2.24, 2.45) is 46.0 Å². The van der Waals surface area contributed by atoms with Crippen molar-refractivity contribution in [1.82, 2.24) is 0 Å². The lowest BCUT2D eigenvalue weighted by Crippen LogP contribution is -2.46. The molecule has 0 aliphatic heterocycles. The van der Waals surface area contributed by atoms with E-state index in [1.807, 2.05) is 0 Å². The number of guanidine groups is 1. The summed E-state index contributed by atoms with van der Waals surface area (Å²) in [5, 5.41) is 0. The summed E-state index contributed by atoms with van der Waals surface area (Å²) in [5.74, 6) is 5.02. The first-order valence-electron chi connectivity index (χ1n) is 6.27. The van der Waals surface area contributed by atoms with Crippen LogP contribution in [-0.4, -0.2) is 12.5 Å². The van der Waals surface area contributed by atoms with Gasteiger partial charge >= 0.3 is 0 Å². The molecular weight excluding hydrogens is 313 g/mol. The predicted molar refractivity (Wildman–Crippen MR) is 76.6 cm³/mol. The zero-order valence-electron chi connectivity index (χ0n) is 9.64. The summed E-state index contributed by atoms with van der Waals surface area (Å²) >= 11 is 0. The number of rotatable bonds is 2. The van der Waals surface area contributed by atoms with Gasteiger partial charge in [0.2, 0.25) is 0 Å². The molecule has 4 bridgehead atoms. The van der Waals surface area contributed by atoms with E-state index in [0.29, 0.717) is 0 Å². The van der Waals surface area contributed by atoms with Gasteiger partial charge in [0, 0.05) is 6.54 Å². The highest BCUT2D eigenvalue weighted by Gasteiger charge is 2.47. The molecule has 0 aromatic rings. The summed E-state index contributed by atoms with van der Waals surface area (Å²) in [6.07, 6.45) is 7.34. The van der Waals surface area contributed by atoms with Crippen molar-refractivity contribution in [2.75, 3.05) is 6.54 Å². The van der Waals surface area contributed by atoms with Crippen LogP contribution in [0.15, 0.2) is 4.99 Å². The Balaban J connectivity index is 0.000000963. The standard InChI is InChI=1S/C12H21N3.HI/c13-12(14)15-6-11-9-2-7-1-8(4-9)5-10(11)3-7;/h7-11H,1-6H2,(H4,13,14,15);1H. The highest BCUT2D eigenvalue weighted by molar-refractivity contribution is 14.0. The largest absolute Gasteiger partial charge is 0.370 e. The third-order valence-corrected chi connectivity index (χ3v) is 4.91. The molecule has 3 nitrogen and oxygen atoms in total. The summed E-state index contributed by atoms with van der Waals surface area (Å²) in [6, 6.07) is 0. The fraction of sp³-hybridized carbons (Fsp3) is 0.917. The molecule has 0 radical (unpaired) electrons. The third-order valence-electron chi connectivity index (χ3n) is 4.91. The zero-order valence-corrected chi connectivity index (χ0v) is 12.0. The maximum absolute atomic E-state index is 5.42. The monoisotopic (exact) mass is 335 g/mol. The molecule has 16 heavy (non-hydrogen) atoms. The molecule has 0 heterocycles. The molecule has 4 aliphatic rings. The van der Waals surface area contributed by atoms with E-state index in [9.17, 15) is 0 Å². The predicted octanol–water partition coefficient (Wildman–Crippen LogP) is 1.95.